The Labute approximate surface area is 132 Å². The van der Waals surface area contributed by atoms with Crippen LogP contribution in [0.15, 0.2) is 54.6 Å². The van der Waals surface area contributed by atoms with Gasteiger partial charge in [-0.25, -0.2) is 0 Å². The maximum atomic E-state index is 11.7. The van der Waals surface area contributed by atoms with Gasteiger partial charge in [0.2, 0.25) is 5.91 Å². The minimum atomic E-state index is -0.316. The molecule has 1 aliphatic heterocycles. The third-order valence-electron chi connectivity index (χ3n) is 3.80. The largest absolute Gasteiger partial charge is 0.392 e. The number of amides is 1. The summed E-state index contributed by atoms with van der Waals surface area (Å²) in [6.07, 6.45) is 7.32. The molecule has 0 saturated carbocycles. The number of carbonyl (C=O) groups is 1. The van der Waals surface area contributed by atoms with Gasteiger partial charge in [0, 0.05) is 31.8 Å². The Bertz CT molecular complexity index is 525. The van der Waals surface area contributed by atoms with Crippen molar-refractivity contribution >= 4 is 5.91 Å². The van der Waals surface area contributed by atoms with Crippen molar-refractivity contribution < 1.29 is 9.90 Å². The number of nitrogens with one attached hydrogen (secondary N) is 1. The Morgan fingerprint density at radius 3 is 2.86 bits per heavy atom. The second kappa shape index (κ2) is 8.51. The van der Waals surface area contributed by atoms with Crippen LogP contribution in [0.25, 0.3) is 0 Å². The van der Waals surface area contributed by atoms with E-state index in [9.17, 15) is 9.90 Å². The smallest absolute Gasteiger partial charge is 0.244 e. The van der Waals surface area contributed by atoms with Gasteiger partial charge in [-0.15, -0.1) is 0 Å². The van der Waals surface area contributed by atoms with E-state index in [1.807, 2.05) is 37.3 Å². The van der Waals surface area contributed by atoms with Gasteiger partial charge in [0.05, 0.1) is 6.10 Å². The minimum absolute atomic E-state index is 0.0980. The van der Waals surface area contributed by atoms with Crippen molar-refractivity contribution in [1.82, 2.24) is 10.2 Å². The van der Waals surface area contributed by atoms with Crippen LogP contribution in [0.5, 0.6) is 0 Å². The van der Waals surface area contributed by atoms with E-state index < -0.39 is 0 Å². The van der Waals surface area contributed by atoms with Crippen LogP contribution in [0, 0.1) is 0 Å². The molecule has 1 aromatic rings. The summed E-state index contributed by atoms with van der Waals surface area (Å²) >= 11 is 0. The van der Waals surface area contributed by atoms with Gasteiger partial charge in [0.25, 0.3) is 0 Å². The molecule has 2 atom stereocenters. The highest BCUT2D eigenvalue weighted by Gasteiger charge is 2.30. The molecule has 118 valence electrons. The van der Waals surface area contributed by atoms with Crippen LogP contribution >= 0.6 is 0 Å². The van der Waals surface area contributed by atoms with Crippen molar-refractivity contribution in [3.05, 3.63) is 60.2 Å². The SMILES string of the molecule is C/C=C/C=C/C(=O)NCC1CC(O)CN1Cc1ccccc1. The van der Waals surface area contributed by atoms with Crippen LogP contribution in [0.4, 0.5) is 0 Å². The number of carbonyl (C=O) groups excluding carboxylic acids is 1. The summed E-state index contributed by atoms with van der Waals surface area (Å²) in [4.78, 5) is 13.9. The second-order valence-electron chi connectivity index (χ2n) is 5.59. The maximum absolute atomic E-state index is 11.7. The van der Waals surface area contributed by atoms with Gasteiger partial charge in [-0.05, 0) is 18.9 Å². The van der Waals surface area contributed by atoms with Gasteiger partial charge >= 0.3 is 0 Å². The molecule has 1 heterocycles. The van der Waals surface area contributed by atoms with Crippen LogP contribution in [-0.4, -0.2) is 41.1 Å². The van der Waals surface area contributed by atoms with Crippen molar-refractivity contribution in [2.45, 2.75) is 32.0 Å². The molecule has 4 heteroatoms. The van der Waals surface area contributed by atoms with Crippen molar-refractivity contribution in [2.24, 2.45) is 0 Å². The van der Waals surface area contributed by atoms with E-state index >= 15 is 0 Å². The molecule has 1 aromatic carbocycles. The highest BCUT2D eigenvalue weighted by atomic mass is 16.3. The Morgan fingerprint density at radius 1 is 1.36 bits per heavy atom. The summed E-state index contributed by atoms with van der Waals surface area (Å²) in [7, 11) is 0. The number of hydrogen-bond acceptors (Lipinski definition) is 3. The van der Waals surface area contributed by atoms with Crippen molar-refractivity contribution in [3.8, 4) is 0 Å². The molecule has 2 N–H and O–H groups in total. The standard InChI is InChI=1S/C18H24N2O2/c1-2-3-5-10-18(22)19-12-16-11-17(21)14-20(16)13-15-8-6-4-7-9-15/h2-10,16-17,21H,11-14H2,1H3,(H,19,22)/b3-2+,10-5+. The van der Waals surface area contributed by atoms with E-state index in [0.717, 1.165) is 6.54 Å². The number of benzene rings is 1. The van der Waals surface area contributed by atoms with Crippen LogP contribution in [0.3, 0.4) is 0 Å². The number of nitrogens with zero attached hydrogens (tertiary/aromatic N) is 1. The predicted molar refractivity (Wildman–Crippen MR) is 88.2 cm³/mol. The highest BCUT2D eigenvalue weighted by Crippen LogP contribution is 2.20. The van der Waals surface area contributed by atoms with Gasteiger partial charge in [-0.1, -0.05) is 48.6 Å². The summed E-state index contributed by atoms with van der Waals surface area (Å²) < 4.78 is 0. The Morgan fingerprint density at radius 2 is 2.14 bits per heavy atom. The summed E-state index contributed by atoms with van der Waals surface area (Å²) in [5, 5.41) is 12.8. The maximum Gasteiger partial charge on any atom is 0.244 e. The number of hydrogen-bond donors (Lipinski definition) is 2. The fourth-order valence-electron chi connectivity index (χ4n) is 2.71. The van der Waals surface area contributed by atoms with E-state index in [4.69, 9.17) is 0 Å². The lowest BCUT2D eigenvalue weighted by molar-refractivity contribution is -0.116. The lowest BCUT2D eigenvalue weighted by Crippen LogP contribution is -2.39. The Hall–Kier alpha value is -1.91. The number of likely N-dealkylation sites (tertiary alicyclic amines) is 1. The first-order chi connectivity index (χ1) is 10.7. The zero-order valence-corrected chi connectivity index (χ0v) is 13.0. The summed E-state index contributed by atoms with van der Waals surface area (Å²) in [5.74, 6) is -0.0980. The van der Waals surface area contributed by atoms with E-state index in [0.29, 0.717) is 19.5 Å². The molecular weight excluding hydrogens is 276 g/mol. The van der Waals surface area contributed by atoms with Gasteiger partial charge in [-0.2, -0.15) is 0 Å². The van der Waals surface area contributed by atoms with Crippen molar-refractivity contribution in [2.75, 3.05) is 13.1 Å². The van der Waals surface area contributed by atoms with Gasteiger partial charge < -0.3 is 10.4 Å². The lowest BCUT2D eigenvalue weighted by Gasteiger charge is -2.24. The number of β-amino-alcohol motifs (C(OH)–C–C–N with tert-alkyl or cyclic N) is 1. The third-order valence-corrected chi connectivity index (χ3v) is 3.80. The topological polar surface area (TPSA) is 52.6 Å². The monoisotopic (exact) mass is 300 g/mol. The summed E-state index contributed by atoms with van der Waals surface area (Å²) in [5.41, 5.74) is 1.22. The molecule has 1 amide bonds. The first-order valence-electron chi connectivity index (χ1n) is 7.72. The highest BCUT2D eigenvalue weighted by molar-refractivity contribution is 5.87. The van der Waals surface area contributed by atoms with E-state index in [1.54, 1.807) is 6.08 Å². The molecule has 1 aliphatic rings. The van der Waals surface area contributed by atoms with Crippen LogP contribution in [0.1, 0.15) is 18.9 Å². The molecule has 22 heavy (non-hydrogen) atoms. The van der Waals surface area contributed by atoms with Gasteiger partial charge in [0.15, 0.2) is 0 Å². The average molecular weight is 300 g/mol. The van der Waals surface area contributed by atoms with E-state index in [1.165, 1.54) is 11.6 Å². The summed E-state index contributed by atoms with van der Waals surface area (Å²) in [6, 6.07) is 10.4. The van der Waals surface area contributed by atoms with Crippen LogP contribution in [-0.2, 0) is 11.3 Å². The first-order valence-corrected chi connectivity index (χ1v) is 7.72. The van der Waals surface area contributed by atoms with Crippen LogP contribution in [0.2, 0.25) is 0 Å². The number of rotatable bonds is 6. The normalized spacial score (nSPS) is 22.6. The minimum Gasteiger partial charge on any atom is -0.392 e. The molecule has 1 fully saturated rings. The molecule has 0 spiro atoms. The van der Waals surface area contributed by atoms with Crippen molar-refractivity contribution in [3.63, 3.8) is 0 Å². The van der Waals surface area contributed by atoms with Gasteiger partial charge in [0.1, 0.15) is 0 Å². The van der Waals surface area contributed by atoms with E-state index in [-0.39, 0.29) is 18.1 Å². The zero-order valence-electron chi connectivity index (χ0n) is 13.0. The number of aliphatic hydroxyl groups excluding tert-OH is 1. The number of allylic oxidation sites excluding steroid dienone is 3. The molecule has 1 saturated heterocycles. The fraction of sp³-hybridized carbons (Fsp3) is 0.389. The quantitative estimate of drug-likeness (QED) is 0.623. The van der Waals surface area contributed by atoms with E-state index in [2.05, 4.69) is 22.3 Å². The molecule has 0 aromatic heterocycles. The molecule has 2 rings (SSSR count). The molecule has 4 nitrogen and oxygen atoms in total. The van der Waals surface area contributed by atoms with Gasteiger partial charge in [-0.3, -0.25) is 9.69 Å². The Balaban J connectivity index is 1.87. The average Bonchev–Trinajstić information content (AvgIpc) is 2.86. The first kappa shape index (κ1) is 16.5. The molecular formula is C18H24N2O2. The Kier molecular flexibility index (Phi) is 6.37. The lowest BCUT2D eigenvalue weighted by atomic mass is 10.1. The van der Waals surface area contributed by atoms with Crippen LogP contribution < -0.4 is 5.32 Å². The summed E-state index contributed by atoms with van der Waals surface area (Å²) in [6.45, 7) is 3.92. The predicted octanol–water partition coefficient (Wildman–Crippen LogP) is 1.87. The molecule has 0 aliphatic carbocycles. The molecule has 0 radical (unpaired) electrons. The van der Waals surface area contributed by atoms with Crippen molar-refractivity contribution in [1.29, 1.82) is 0 Å². The second-order valence-corrected chi connectivity index (χ2v) is 5.59. The third kappa shape index (κ3) is 5.13. The fourth-order valence-corrected chi connectivity index (χ4v) is 2.71. The molecule has 2 unspecified atom stereocenters. The molecule has 0 bridgehead atoms. The number of aliphatic hydroxyl groups is 1. The zero-order chi connectivity index (χ0) is 15.8.